The minimum Gasteiger partial charge on any atom is -0.474 e. The molecule has 1 N–H and O–H groups in total. The Hall–Kier alpha value is -5.13. The molecule has 6 rings (SSSR count). The summed E-state index contributed by atoms with van der Waals surface area (Å²) in [6, 6.07) is 9.94. The molecule has 40 heavy (non-hydrogen) atoms. The molecule has 0 unspecified atom stereocenters. The second-order valence-corrected chi connectivity index (χ2v) is 9.34. The van der Waals surface area contributed by atoms with Gasteiger partial charge in [-0.1, -0.05) is 6.58 Å². The topological polar surface area (TPSA) is 120 Å². The SMILES string of the molecule is C=CC(=O)N1CCC(Oc2ccc3ncnc(Nc4cc(C)c(Oc5ccn6ncnc6c5)cc4F)c3n2)CC1. The number of pyridine rings is 2. The van der Waals surface area contributed by atoms with Crippen molar-refractivity contribution in [2.45, 2.75) is 25.9 Å². The third kappa shape index (κ3) is 5.10. The number of fused-ring (bicyclic) bond motifs is 2. The summed E-state index contributed by atoms with van der Waals surface area (Å²) in [6.07, 6.45) is 7.16. The molecule has 0 spiro atoms. The van der Waals surface area contributed by atoms with Crippen LogP contribution in [0.25, 0.3) is 16.7 Å². The number of hydrogen-bond acceptors (Lipinski definition) is 9. The molecular weight excluding hydrogens is 515 g/mol. The fraction of sp³-hybridized carbons (Fsp3) is 0.214. The van der Waals surface area contributed by atoms with Gasteiger partial charge < -0.3 is 19.7 Å². The summed E-state index contributed by atoms with van der Waals surface area (Å²) in [5.41, 5.74) is 2.57. The van der Waals surface area contributed by atoms with Crippen LogP contribution in [0.3, 0.4) is 0 Å². The number of carbonyl (C=O) groups excluding carboxylic acids is 1. The Kier molecular flexibility index (Phi) is 6.64. The van der Waals surface area contributed by atoms with Crippen molar-refractivity contribution < 1.29 is 18.7 Å². The van der Waals surface area contributed by atoms with Gasteiger partial charge in [-0.2, -0.15) is 5.10 Å². The Morgan fingerprint density at radius 3 is 2.80 bits per heavy atom. The van der Waals surface area contributed by atoms with E-state index in [0.29, 0.717) is 71.4 Å². The number of ether oxygens (including phenoxy) is 2. The number of aromatic nitrogens is 6. The second kappa shape index (κ2) is 10.6. The van der Waals surface area contributed by atoms with E-state index in [1.807, 2.05) is 6.92 Å². The molecule has 1 aliphatic heterocycles. The molecule has 0 saturated carbocycles. The maximum atomic E-state index is 15.2. The first kappa shape index (κ1) is 25.2. The van der Waals surface area contributed by atoms with Gasteiger partial charge in [0.25, 0.3) is 0 Å². The van der Waals surface area contributed by atoms with Crippen LogP contribution in [0.4, 0.5) is 15.9 Å². The smallest absolute Gasteiger partial charge is 0.245 e. The van der Waals surface area contributed by atoms with Crippen LogP contribution < -0.4 is 14.8 Å². The Labute approximate surface area is 228 Å². The third-order valence-corrected chi connectivity index (χ3v) is 6.67. The highest BCUT2D eigenvalue weighted by molar-refractivity contribution is 5.88. The summed E-state index contributed by atoms with van der Waals surface area (Å²) in [6.45, 7) is 6.55. The van der Waals surface area contributed by atoms with Gasteiger partial charge in [-0.05, 0) is 36.8 Å². The van der Waals surface area contributed by atoms with Crippen LogP contribution in [0.2, 0.25) is 0 Å². The van der Waals surface area contributed by atoms with Gasteiger partial charge in [0.15, 0.2) is 11.5 Å². The normalized spacial score (nSPS) is 13.9. The molecule has 0 aliphatic carbocycles. The van der Waals surface area contributed by atoms with Crippen LogP contribution in [-0.4, -0.2) is 59.6 Å². The molecule has 0 radical (unpaired) electrons. The van der Waals surface area contributed by atoms with Crippen molar-refractivity contribution in [3.63, 3.8) is 0 Å². The van der Waals surface area contributed by atoms with E-state index in [2.05, 4.69) is 36.9 Å². The lowest BCUT2D eigenvalue weighted by Gasteiger charge is -2.31. The average molecular weight is 541 g/mol. The van der Waals surface area contributed by atoms with Crippen molar-refractivity contribution in [2.24, 2.45) is 0 Å². The molecule has 1 amide bonds. The van der Waals surface area contributed by atoms with E-state index < -0.39 is 5.82 Å². The molecule has 0 atom stereocenters. The van der Waals surface area contributed by atoms with Crippen LogP contribution in [0.5, 0.6) is 17.4 Å². The van der Waals surface area contributed by atoms with E-state index in [4.69, 9.17) is 9.47 Å². The lowest BCUT2D eigenvalue weighted by atomic mass is 10.1. The van der Waals surface area contributed by atoms with Gasteiger partial charge in [-0.3, -0.25) is 4.79 Å². The Morgan fingerprint density at radius 1 is 1.12 bits per heavy atom. The number of carbonyl (C=O) groups is 1. The van der Waals surface area contributed by atoms with Crippen LogP contribution in [0, 0.1) is 12.7 Å². The quantitative estimate of drug-likeness (QED) is 0.295. The standard InChI is InChI=1S/C28H25FN8O3/c1-3-26(38)36-9-6-18(7-10-36)40-25-5-4-21-27(35-25)28(32-15-30-21)34-22-12-17(2)23(14-20(22)29)39-19-8-11-37-24(13-19)31-16-33-37/h3-5,8,11-16,18H,1,6-7,9-10H2,2H3,(H,30,32,34). The summed E-state index contributed by atoms with van der Waals surface area (Å²) in [5, 5.41) is 7.11. The summed E-state index contributed by atoms with van der Waals surface area (Å²) in [7, 11) is 0. The largest absolute Gasteiger partial charge is 0.474 e. The molecule has 5 heterocycles. The molecule has 0 bridgehead atoms. The number of aryl methyl sites for hydroxylation is 1. The minimum absolute atomic E-state index is 0.0782. The zero-order valence-electron chi connectivity index (χ0n) is 21.6. The van der Waals surface area contributed by atoms with E-state index in [0.717, 1.165) is 0 Å². The maximum Gasteiger partial charge on any atom is 0.245 e. The minimum atomic E-state index is -0.524. The molecule has 5 aromatic rings. The number of hydrogen-bond donors (Lipinski definition) is 1. The highest BCUT2D eigenvalue weighted by Gasteiger charge is 2.23. The van der Waals surface area contributed by atoms with Gasteiger partial charge in [-0.15, -0.1) is 0 Å². The molecule has 12 heteroatoms. The molecule has 1 aliphatic rings. The van der Waals surface area contributed by atoms with Crippen LogP contribution in [0.15, 0.2) is 67.9 Å². The molecule has 11 nitrogen and oxygen atoms in total. The van der Waals surface area contributed by atoms with E-state index in [1.54, 1.807) is 45.9 Å². The van der Waals surface area contributed by atoms with Gasteiger partial charge >= 0.3 is 0 Å². The van der Waals surface area contributed by atoms with Crippen molar-refractivity contribution in [3.8, 4) is 17.4 Å². The number of likely N-dealkylation sites (tertiary alicyclic amines) is 1. The Balaban J connectivity index is 1.20. The Bertz CT molecular complexity index is 1730. The Morgan fingerprint density at radius 2 is 1.98 bits per heavy atom. The molecule has 4 aromatic heterocycles. The van der Waals surface area contributed by atoms with E-state index in [1.165, 1.54) is 24.8 Å². The van der Waals surface area contributed by atoms with Gasteiger partial charge in [0.1, 0.15) is 41.6 Å². The number of halogens is 1. The average Bonchev–Trinajstić information content (AvgIpc) is 3.44. The number of nitrogens with one attached hydrogen (secondary N) is 1. The number of benzene rings is 1. The van der Waals surface area contributed by atoms with Gasteiger partial charge in [0.05, 0.1) is 11.2 Å². The molecule has 1 saturated heterocycles. The first-order chi connectivity index (χ1) is 19.5. The first-order valence-electron chi connectivity index (χ1n) is 12.7. The summed E-state index contributed by atoms with van der Waals surface area (Å²) < 4.78 is 28.9. The van der Waals surface area contributed by atoms with Crippen LogP contribution in [-0.2, 0) is 4.79 Å². The number of nitrogens with zero attached hydrogens (tertiary/aromatic N) is 7. The van der Waals surface area contributed by atoms with E-state index in [9.17, 15) is 4.79 Å². The lowest BCUT2D eigenvalue weighted by Crippen LogP contribution is -2.41. The van der Waals surface area contributed by atoms with E-state index in [-0.39, 0.29) is 17.7 Å². The number of piperidine rings is 1. The number of rotatable bonds is 7. The van der Waals surface area contributed by atoms with Crippen LogP contribution in [0.1, 0.15) is 18.4 Å². The number of amides is 1. The fourth-order valence-corrected chi connectivity index (χ4v) is 4.56. The lowest BCUT2D eigenvalue weighted by molar-refractivity contribution is -0.127. The van der Waals surface area contributed by atoms with Crippen LogP contribution >= 0.6 is 0 Å². The first-order valence-corrected chi connectivity index (χ1v) is 12.7. The van der Waals surface area contributed by atoms with Gasteiger partial charge in [-0.25, -0.2) is 28.8 Å². The third-order valence-electron chi connectivity index (χ3n) is 6.67. The van der Waals surface area contributed by atoms with Crippen molar-refractivity contribution in [2.75, 3.05) is 18.4 Å². The van der Waals surface area contributed by atoms with Crippen molar-refractivity contribution in [1.29, 1.82) is 0 Å². The molecule has 1 aromatic carbocycles. The van der Waals surface area contributed by atoms with Gasteiger partial charge in [0.2, 0.25) is 11.8 Å². The highest BCUT2D eigenvalue weighted by atomic mass is 19.1. The maximum absolute atomic E-state index is 15.2. The molecular formula is C28H25FN8O3. The zero-order chi connectivity index (χ0) is 27.6. The summed E-state index contributed by atoms with van der Waals surface area (Å²) in [5.74, 6) is 1.03. The van der Waals surface area contributed by atoms with Crippen molar-refractivity contribution in [3.05, 3.63) is 79.3 Å². The molecule has 202 valence electrons. The predicted octanol–water partition coefficient (Wildman–Crippen LogP) is 4.61. The fourth-order valence-electron chi connectivity index (χ4n) is 4.56. The van der Waals surface area contributed by atoms with E-state index >= 15 is 4.39 Å². The summed E-state index contributed by atoms with van der Waals surface area (Å²) >= 11 is 0. The summed E-state index contributed by atoms with van der Waals surface area (Å²) in [4.78, 5) is 30.9. The van der Waals surface area contributed by atoms with Gasteiger partial charge in [0, 0.05) is 50.3 Å². The zero-order valence-corrected chi connectivity index (χ0v) is 21.6. The highest BCUT2D eigenvalue weighted by Crippen LogP contribution is 2.32. The molecule has 1 fully saturated rings. The monoisotopic (exact) mass is 540 g/mol. The second-order valence-electron chi connectivity index (χ2n) is 9.34. The predicted molar refractivity (Wildman–Crippen MR) is 145 cm³/mol. The number of anilines is 2. The van der Waals surface area contributed by atoms with Crippen molar-refractivity contribution in [1.82, 2.24) is 34.4 Å². The van der Waals surface area contributed by atoms with Crippen molar-refractivity contribution >= 4 is 34.1 Å².